The first-order valence-electron chi connectivity index (χ1n) is 5.86. The number of benzene rings is 2. The topological polar surface area (TPSA) is 89.7 Å². The Hall–Kier alpha value is -2.41. The lowest BCUT2D eigenvalue weighted by atomic mass is 10.2. The van der Waals surface area contributed by atoms with Gasteiger partial charge in [-0.25, -0.2) is 4.79 Å². The van der Waals surface area contributed by atoms with Crippen LogP contribution in [0.25, 0.3) is 0 Å². The van der Waals surface area contributed by atoms with E-state index in [4.69, 9.17) is 9.84 Å². The van der Waals surface area contributed by atoms with E-state index in [9.17, 15) is 14.9 Å². The minimum Gasteiger partial charge on any atom is -0.482 e. The average molecular weight is 352 g/mol. The molecule has 2 aromatic rings. The van der Waals surface area contributed by atoms with Crippen LogP contribution in [0.5, 0.6) is 5.75 Å². The van der Waals surface area contributed by atoms with Crippen LogP contribution < -0.4 is 4.74 Å². The number of nitro groups is 1. The maximum absolute atomic E-state index is 10.9. The third-order valence-electron chi connectivity index (χ3n) is 2.71. The van der Waals surface area contributed by atoms with Gasteiger partial charge in [-0.2, -0.15) is 0 Å². The minimum absolute atomic E-state index is 0.0635. The van der Waals surface area contributed by atoms with Gasteiger partial charge in [-0.05, 0) is 23.8 Å². The number of carbonyl (C=O) groups is 1. The maximum Gasteiger partial charge on any atom is 0.335 e. The first kappa shape index (κ1) is 15.0. The third-order valence-corrected chi connectivity index (χ3v) is 3.24. The summed E-state index contributed by atoms with van der Waals surface area (Å²) in [6, 6.07) is 10.7. The third kappa shape index (κ3) is 3.79. The molecule has 0 saturated heterocycles. The van der Waals surface area contributed by atoms with E-state index >= 15 is 0 Å². The largest absolute Gasteiger partial charge is 0.482 e. The number of nitrogens with zero attached hydrogens (tertiary/aromatic N) is 1. The van der Waals surface area contributed by atoms with Crippen LogP contribution in [-0.2, 0) is 6.61 Å². The number of ether oxygens (including phenoxy) is 1. The second-order valence-electron chi connectivity index (χ2n) is 4.16. The standard InChI is InChI=1S/C14H10BrNO5/c15-11-4-1-9(2-5-11)8-21-13-7-10(14(17)18)3-6-12(13)16(19)20/h1-7H,8H2,(H,17,18). The lowest BCUT2D eigenvalue weighted by Crippen LogP contribution is -2.02. The number of halogens is 1. The van der Waals surface area contributed by atoms with Crippen LogP contribution in [0.15, 0.2) is 46.9 Å². The Labute approximate surface area is 128 Å². The van der Waals surface area contributed by atoms with E-state index in [1.165, 1.54) is 6.07 Å². The Balaban J connectivity index is 2.24. The second-order valence-corrected chi connectivity index (χ2v) is 5.08. The molecule has 0 aliphatic carbocycles. The summed E-state index contributed by atoms with van der Waals surface area (Å²) in [4.78, 5) is 21.2. The molecule has 0 spiro atoms. The van der Waals surface area contributed by atoms with Crippen LogP contribution in [0.4, 0.5) is 5.69 Å². The van der Waals surface area contributed by atoms with Crippen molar-refractivity contribution in [1.82, 2.24) is 0 Å². The molecule has 108 valence electrons. The van der Waals surface area contributed by atoms with Crippen molar-refractivity contribution in [3.8, 4) is 5.75 Å². The molecule has 2 rings (SSSR count). The van der Waals surface area contributed by atoms with Gasteiger partial charge in [-0.15, -0.1) is 0 Å². The molecule has 0 atom stereocenters. The zero-order chi connectivity index (χ0) is 15.4. The molecule has 0 saturated carbocycles. The molecule has 21 heavy (non-hydrogen) atoms. The van der Waals surface area contributed by atoms with Gasteiger partial charge in [0.2, 0.25) is 0 Å². The molecular formula is C14H10BrNO5. The number of hydrogen-bond acceptors (Lipinski definition) is 4. The van der Waals surface area contributed by atoms with Gasteiger partial charge < -0.3 is 9.84 Å². The fourth-order valence-electron chi connectivity index (χ4n) is 1.66. The average Bonchev–Trinajstić information content (AvgIpc) is 2.46. The Morgan fingerprint density at radius 1 is 1.24 bits per heavy atom. The highest BCUT2D eigenvalue weighted by atomic mass is 79.9. The summed E-state index contributed by atoms with van der Waals surface area (Å²) < 4.78 is 6.30. The molecule has 0 bridgehead atoms. The highest BCUT2D eigenvalue weighted by Crippen LogP contribution is 2.29. The normalized spacial score (nSPS) is 10.1. The zero-order valence-electron chi connectivity index (χ0n) is 10.7. The van der Waals surface area contributed by atoms with Gasteiger partial charge in [-0.3, -0.25) is 10.1 Å². The molecule has 7 heteroatoms. The molecule has 6 nitrogen and oxygen atoms in total. The molecule has 0 unspecified atom stereocenters. The van der Waals surface area contributed by atoms with E-state index in [0.29, 0.717) is 0 Å². The number of rotatable bonds is 5. The quantitative estimate of drug-likeness (QED) is 0.656. The SMILES string of the molecule is O=C(O)c1ccc([N+](=O)[O-])c(OCc2ccc(Br)cc2)c1. The Bertz CT molecular complexity index is 684. The molecule has 1 N–H and O–H groups in total. The predicted octanol–water partition coefficient (Wildman–Crippen LogP) is 3.63. The summed E-state index contributed by atoms with van der Waals surface area (Å²) in [5, 5.41) is 19.9. The Kier molecular flexibility index (Phi) is 4.54. The number of carboxylic acids is 1. The summed E-state index contributed by atoms with van der Waals surface area (Å²) >= 11 is 3.30. The zero-order valence-corrected chi connectivity index (χ0v) is 12.2. The van der Waals surface area contributed by atoms with Gasteiger partial charge in [0.05, 0.1) is 10.5 Å². The number of hydrogen-bond donors (Lipinski definition) is 1. The highest BCUT2D eigenvalue weighted by molar-refractivity contribution is 9.10. The maximum atomic E-state index is 10.9. The molecule has 0 fully saturated rings. The van der Waals surface area contributed by atoms with Crippen molar-refractivity contribution in [1.29, 1.82) is 0 Å². The van der Waals surface area contributed by atoms with E-state index < -0.39 is 10.9 Å². The van der Waals surface area contributed by atoms with Crippen molar-refractivity contribution in [2.24, 2.45) is 0 Å². The van der Waals surface area contributed by atoms with Crippen molar-refractivity contribution in [2.75, 3.05) is 0 Å². The molecule has 0 amide bonds. The van der Waals surface area contributed by atoms with Gasteiger partial charge in [0.1, 0.15) is 6.61 Å². The van der Waals surface area contributed by atoms with E-state index in [1.807, 2.05) is 12.1 Å². The molecule has 0 radical (unpaired) electrons. The number of carboxylic acid groups (broad SMARTS) is 1. The predicted molar refractivity (Wildman–Crippen MR) is 78.5 cm³/mol. The molecule has 0 aromatic heterocycles. The van der Waals surface area contributed by atoms with Crippen LogP contribution in [0.3, 0.4) is 0 Å². The Morgan fingerprint density at radius 3 is 2.48 bits per heavy atom. The monoisotopic (exact) mass is 351 g/mol. The van der Waals surface area contributed by atoms with Gasteiger partial charge in [0, 0.05) is 16.6 Å². The van der Waals surface area contributed by atoms with Gasteiger partial charge in [0.25, 0.3) is 0 Å². The molecular weight excluding hydrogens is 342 g/mol. The van der Waals surface area contributed by atoms with Crippen LogP contribution in [0.1, 0.15) is 15.9 Å². The highest BCUT2D eigenvalue weighted by Gasteiger charge is 2.18. The van der Waals surface area contributed by atoms with Gasteiger partial charge in [-0.1, -0.05) is 28.1 Å². The van der Waals surface area contributed by atoms with E-state index in [0.717, 1.165) is 22.2 Å². The molecule has 0 aliphatic heterocycles. The number of aromatic carboxylic acids is 1. The van der Waals surface area contributed by atoms with Crippen molar-refractivity contribution < 1.29 is 19.6 Å². The summed E-state index contributed by atoms with van der Waals surface area (Å²) in [7, 11) is 0. The van der Waals surface area contributed by atoms with Gasteiger partial charge in [0.15, 0.2) is 5.75 Å². The fraction of sp³-hybridized carbons (Fsp3) is 0.0714. The van der Waals surface area contributed by atoms with Crippen LogP contribution in [0.2, 0.25) is 0 Å². The van der Waals surface area contributed by atoms with Gasteiger partial charge >= 0.3 is 11.7 Å². The lowest BCUT2D eigenvalue weighted by Gasteiger charge is -2.08. The van der Waals surface area contributed by atoms with E-state index in [2.05, 4.69) is 15.9 Å². The summed E-state index contributed by atoms with van der Waals surface area (Å²) in [6.45, 7) is 0.108. The first-order chi connectivity index (χ1) is 9.97. The summed E-state index contributed by atoms with van der Waals surface area (Å²) in [6.07, 6.45) is 0. The fourth-order valence-corrected chi connectivity index (χ4v) is 1.92. The van der Waals surface area contributed by atoms with Crippen LogP contribution >= 0.6 is 15.9 Å². The first-order valence-corrected chi connectivity index (χ1v) is 6.65. The van der Waals surface area contributed by atoms with Crippen LogP contribution in [0, 0.1) is 10.1 Å². The summed E-state index contributed by atoms with van der Waals surface area (Å²) in [5.74, 6) is -1.23. The van der Waals surface area contributed by atoms with Crippen molar-refractivity contribution in [2.45, 2.75) is 6.61 Å². The minimum atomic E-state index is -1.17. The molecule has 2 aromatic carbocycles. The van der Waals surface area contributed by atoms with Crippen molar-refractivity contribution in [3.63, 3.8) is 0 Å². The molecule has 0 aliphatic rings. The smallest absolute Gasteiger partial charge is 0.335 e. The second kappa shape index (κ2) is 6.36. The van der Waals surface area contributed by atoms with Crippen molar-refractivity contribution >= 4 is 27.6 Å². The van der Waals surface area contributed by atoms with Crippen molar-refractivity contribution in [3.05, 3.63) is 68.2 Å². The van der Waals surface area contributed by atoms with E-state index in [-0.39, 0.29) is 23.6 Å². The lowest BCUT2D eigenvalue weighted by molar-refractivity contribution is -0.385. The molecule has 0 heterocycles. The number of nitro benzene ring substituents is 1. The summed E-state index contributed by atoms with van der Waals surface area (Å²) in [5.41, 5.74) is 0.483. The Morgan fingerprint density at radius 2 is 1.90 bits per heavy atom. The van der Waals surface area contributed by atoms with Crippen LogP contribution in [-0.4, -0.2) is 16.0 Å². The van der Waals surface area contributed by atoms with E-state index in [1.54, 1.807) is 12.1 Å².